The van der Waals surface area contributed by atoms with Crippen LogP contribution in [0.2, 0.25) is 0 Å². The molecule has 1 aromatic rings. The average molecular weight is 303 g/mol. The molecule has 1 aromatic carbocycles. The molecule has 5 nitrogen and oxygen atoms in total. The SMILES string of the molecule is O=C(NC(C(=O)O)C1CCCOC1)C1CCc2ccccc21. The smallest absolute Gasteiger partial charge is 0.326 e. The fraction of sp³-hybridized carbons (Fsp3) is 0.529. The van der Waals surface area contributed by atoms with Crippen LogP contribution in [0.25, 0.3) is 0 Å². The van der Waals surface area contributed by atoms with Gasteiger partial charge >= 0.3 is 5.97 Å². The summed E-state index contributed by atoms with van der Waals surface area (Å²) < 4.78 is 5.36. The van der Waals surface area contributed by atoms with E-state index < -0.39 is 12.0 Å². The molecular weight excluding hydrogens is 282 g/mol. The Morgan fingerprint density at radius 2 is 2.09 bits per heavy atom. The van der Waals surface area contributed by atoms with Crippen molar-refractivity contribution in [3.8, 4) is 0 Å². The first-order chi connectivity index (χ1) is 10.7. The first kappa shape index (κ1) is 15.0. The summed E-state index contributed by atoms with van der Waals surface area (Å²) in [4.78, 5) is 24.1. The molecule has 1 saturated heterocycles. The fourth-order valence-electron chi connectivity index (χ4n) is 3.49. The zero-order chi connectivity index (χ0) is 15.5. The van der Waals surface area contributed by atoms with Gasteiger partial charge in [0.2, 0.25) is 5.91 Å². The molecule has 1 aliphatic carbocycles. The molecule has 22 heavy (non-hydrogen) atoms. The number of amides is 1. The molecule has 0 radical (unpaired) electrons. The minimum Gasteiger partial charge on any atom is -0.480 e. The first-order valence-electron chi connectivity index (χ1n) is 7.85. The van der Waals surface area contributed by atoms with Gasteiger partial charge < -0.3 is 15.2 Å². The molecule has 0 bridgehead atoms. The van der Waals surface area contributed by atoms with Gasteiger partial charge in [-0.15, -0.1) is 0 Å². The Bertz CT molecular complexity index is 566. The predicted molar refractivity (Wildman–Crippen MR) is 80.6 cm³/mol. The van der Waals surface area contributed by atoms with Crippen molar-refractivity contribution in [2.45, 2.75) is 37.6 Å². The Labute approximate surface area is 129 Å². The van der Waals surface area contributed by atoms with E-state index in [-0.39, 0.29) is 17.7 Å². The number of carboxylic acids is 1. The average Bonchev–Trinajstić information content (AvgIpc) is 2.97. The van der Waals surface area contributed by atoms with Crippen LogP contribution >= 0.6 is 0 Å². The van der Waals surface area contributed by atoms with E-state index in [1.807, 2.05) is 24.3 Å². The largest absolute Gasteiger partial charge is 0.480 e. The summed E-state index contributed by atoms with van der Waals surface area (Å²) in [7, 11) is 0. The lowest BCUT2D eigenvalue weighted by Gasteiger charge is -2.29. The lowest BCUT2D eigenvalue weighted by Crippen LogP contribution is -2.49. The van der Waals surface area contributed by atoms with E-state index in [1.165, 1.54) is 5.56 Å². The summed E-state index contributed by atoms with van der Waals surface area (Å²) in [5.41, 5.74) is 2.22. The van der Waals surface area contributed by atoms with Crippen molar-refractivity contribution >= 4 is 11.9 Å². The standard InChI is InChI=1S/C17H21NO4/c19-16(14-8-7-11-4-1-2-6-13(11)14)18-15(17(20)21)12-5-3-9-22-10-12/h1-2,4,6,12,14-15H,3,5,7-10H2,(H,18,19)(H,20,21). The second kappa shape index (κ2) is 6.48. The van der Waals surface area contributed by atoms with Gasteiger partial charge in [-0.05, 0) is 36.8 Å². The van der Waals surface area contributed by atoms with Gasteiger partial charge in [0, 0.05) is 12.5 Å². The Kier molecular flexibility index (Phi) is 4.43. The first-order valence-corrected chi connectivity index (χ1v) is 7.85. The Morgan fingerprint density at radius 1 is 1.27 bits per heavy atom. The molecule has 1 fully saturated rings. The van der Waals surface area contributed by atoms with Gasteiger partial charge in [-0.3, -0.25) is 4.79 Å². The van der Waals surface area contributed by atoms with Gasteiger partial charge in [0.15, 0.2) is 0 Å². The van der Waals surface area contributed by atoms with Gasteiger partial charge in [-0.2, -0.15) is 0 Å². The number of fused-ring (bicyclic) bond motifs is 1. The monoisotopic (exact) mass is 303 g/mol. The summed E-state index contributed by atoms with van der Waals surface area (Å²) in [6, 6.07) is 7.03. The molecule has 2 N–H and O–H groups in total. The molecule has 5 heteroatoms. The quantitative estimate of drug-likeness (QED) is 0.888. The number of ether oxygens (including phenoxy) is 1. The summed E-state index contributed by atoms with van der Waals surface area (Å²) in [5.74, 6) is -1.53. The molecule has 2 aliphatic rings. The molecule has 3 rings (SSSR count). The van der Waals surface area contributed by atoms with E-state index in [2.05, 4.69) is 5.32 Å². The maximum absolute atomic E-state index is 12.6. The van der Waals surface area contributed by atoms with Gasteiger partial charge in [0.05, 0.1) is 12.5 Å². The van der Waals surface area contributed by atoms with Crippen LogP contribution in [0, 0.1) is 5.92 Å². The van der Waals surface area contributed by atoms with E-state index in [0.717, 1.165) is 31.2 Å². The zero-order valence-corrected chi connectivity index (χ0v) is 12.5. The van der Waals surface area contributed by atoms with Crippen LogP contribution in [0.1, 0.15) is 36.3 Å². The minimum absolute atomic E-state index is 0.146. The van der Waals surface area contributed by atoms with Crippen molar-refractivity contribution in [2.24, 2.45) is 5.92 Å². The Hall–Kier alpha value is -1.88. The highest BCUT2D eigenvalue weighted by Gasteiger charge is 2.35. The highest BCUT2D eigenvalue weighted by molar-refractivity contribution is 5.89. The van der Waals surface area contributed by atoms with Gasteiger partial charge in [0.25, 0.3) is 0 Å². The van der Waals surface area contributed by atoms with Crippen molar-refractivity contribution in [1.82, 2.24) is 5.32 Å². The number of rotatable bonds is 4. The predicted octanol–water partition coefficient (Wildman–Crippen LogP) is 1.71. The van der Waals surface area contributed by atoms with Crippen LogP contribution in [0.15, 0.2) is 24.3 Å². The highest BCUT2D eigenvalue weighted by Crippen LogP contribution is 2.33. The number of carbonyl (C=O) groups excluding carboxylic acids is 1. The zero-order valence-electron chi connectivity index (χ0n) is 12.5. The third kappa shape index (κ3) is 2.99. The lowest BCUT2D eigenvalue weighted by atomic mass is 9.92. The van der Waals surface area contributed by atoms with Crippen LogP contribution in [-0.2, 0) is 20.7 Å². The number of benzene rings is 1. The molecule has 1 heterocycles. The minimum atomic E-state index is -0.977. The van der Waals surface area contributed by atoms with Crippen molar-refractivity contribution in [3.05, 3.63) is 35.4 Å². The van der Waals surface area contributed by atoms with Gasteiger partial charge in [-0.25, -0.2) is 4.79 Å². The molecule has 0 aromatic heterocycles. The van der Waals surface area contributed by atoms with Gasteiger partial charge in [-0.1, -0.05) is 24.3 Å². The second-order valence-electron chi connectivity index (χ2n) is 6.09. The molecule has 3 unspecified atom stereocenters. The third-order valence-electron chi connectivity index (χ3n) is 4.68. The van der Waals surface area contributed by atoms with E-state index >= 15 is 0 Å². The molecule has 1 aliphatic heterocycles. The third-order valence-corrected chi connectivity index (χ3v) is 4.68. The van der Waals surface area contributed by atoms with E-state index in [0.29, 0.717) is 13.2 Å². The molecule has 0 spiro atoms. The topological polar surface area (TPSA) is 75.6 Å². The number of carbonyl (C=O) groups is 2. The second-order valence-corrected chi connectivity index (χ2v) is 6.09. The number of carboxylic acid groups (broad SMARTS) is 1. The van der Waals surface area contributed by atoms with Crippen LogP contribution in [-0.4, -0.2) is 36.2 Å². The van der Waals surface area contributed by atoms with E-state index in [1.54, 1.807) is 0 Å². The van der Waals surface area contributed by atoms with Crippen LogP contribution < -0.4 is 5.32 Å². The number of hydrogen-bond acceptors (Lipinski definition) is 3. The number of hydrogen-bond donors (Lipinski definition) is 2. The maximum Gasteiger partial charge on any atom is 0.326 e. The molecule has 0 saturated carbocycles. The summed E-state index contributed by atoms with van der Waals surface area (Å²) in [6.45, 7) is 1.07. The fourth-order valence-corrected chi connectivity index (χ4v) is 3.49. The highest BCUT2D eigenvalue weighted by atomic mass is 16.5. The van der Waals surface area contributed by atoms with Crippen molar-refractivity contribution in [1.29, 1.82) is 0 Å². The Balaban J connectivity index is 1.71. The van der Waals surface area contributed by atoms with Crippen molar-refractivity contribution in [2.75, 3.05) is 13.2 Å². The molecule has 118 valence electrons. The van der Waals surface area contributed by atoms with Crippen LogP contribution in [0.4, 0.5) is 0 Å². The van der Waals surface area contributed by atoms with Crippen molar-refractivity contribution < 1.29 is 19.4 Å². The number of aryl methyl sites for hydroxylation is 1. The summed E-state index contributed by atoms with van der Waals surface area (Å²) >= 11 is 0. The molecule has 1 amide bonds. The molecule has 3 atom stereocenters. The van der Waals surface area contributed by atoms with Crippen LogP contribution in [0.5, 0.6) is 0 Å². The number of nitrogens with one attached hydrogen (secondary N) is 1. The molecular formula is C17H21NO4. The summed E-state index contributed by atoms with van der Waals surface area (Å²) in [6.07, 6.45) is 3.24. The Morgan fingerprint density at radius 3 is 2.82 bits per heavy atom. The van der Waals surface area contributed by atoms with E-state index in [4.69, 9.17) is 4.74 Å². The van der Waals surface area contributed by atoms with E-state index in [9.17, 15) is 14.7 Å². The van der Waals surface area contributed by atoms with Crippen molar-refractivity contribution in [3.63, 3.8) is 0 Å². The summed E-state index contributed by atoms with van der Waals surface area (Å²) in [5, 5.41) is 12.2. The maximum atomic E-state index is 12.6. The van der Waals surface area contributed by atoms with Crippen LogP contribution in [0.3, 0.4) is 0 Å². The van der Waals surface area contributed by atoms with Gasteiger partial charge in [0.1, 0.15) is 6.04 Å². The normalized spacial score (nSPS) is 25.3. The lowest BCUT2D eigenvalue weighted by molar-refractivity contribution is -0.145. The number of aliphatic carboxylic acids is 1.